The van der Waals surface area contributed by atoms with E-state index in [1.165, 1.54) is 17.8 Å². The number of nitrogens with one attached hydrogen (secondary N) is 2. The smallest absolute Gasteiger partial charge is 0.200 e. The molecule has 1 aromatic heterocycles. The third-order valence-electron chi connectivity index (χ3n) is 2.11. The minimum absolute atomic E-state index is 0.144. The molecular weight excluding hydrogens is 154 g/mol. The summed E-state index contributed by atoms with van der Waals surface area (Å²) in [6.45, 7) is 0.706. The van der Waals surface area contributed by atoms with Crippen molar-refractivity contribution in [3.8, 4) is 0 Å². The molecule has 1 aromatic rings. The van der Waals surface area contributed by atoms with Crippen molar-refractivity contribution in [1.29, 1.82) is 0 Å². The van der Waals surface area contributed by atoms with Crippen LogP contribution in [0.2, 0.25) is 0 Å². The van der Waals surface area contributed by atoms with Gasteiger partial charge in [-0.1, -0.05) is 0 Å². The summed E-state index contributed by atoms with van der Waals surface area (Å²) in [4.78, 5) is 7.55. The average Bonchev–Trinajstić information content (AvgIpc) is 2.58. The van der Waals surface area contributed by atoms with E-state index in [0.29, 0.717) is 6.54 Å². The van der Waals surface area contributed by atoms with E-state index >= 15 is 0 Å². The minimum Gasteiger partial charge on any atom is -0.395 e. The number of anilines is 1. The van der Waals surface area contributed by atoms with Gasteiger partial charge in [-0.05, 0) is 19.3 Å². The first-order chi connectivity index (χ1) is 5.90. The molecule has 12 heavy (non-hydrogen) atoms. The van der Waals surface area contributed by atoms with Crippen LogP contribution < -0.4 is 5.32 Å². The van der Waals surface area contributed by atoms with Crippen molar-refractivity contribution >= 4 is 5.95 Å². The Morgan fingerprint density at radius 1 is 1.50 bits per heavy atom. The molecule has 1 aliphatic carbocycles. The number of nitrogens with zero attached hydrogens (tertiary/aromatic N) is 1. The highest BCUT2D eigenvalue weighted by molar-refractivity contribution is 5.33. The van der Waals surface area contributed by atoms with Gasteiger partial charge < -0.3 is 15.4 Å². The number of aliphatic hydroxyl groups excluding tert-OH is 1. The predicted octanol–water partition coefficient (Wildman–Crippen LogP) is 0.303. The zero-order chi connectivity index (χ0) is 8.39. The first kappa shape index (κ1) is 7.61. The maximum atomic E-state index is 8.57. The molecule has 1 aliphatic rings. The molecule has 0 fully saturated rings. The first-order valence-electron chi connectivity index (χ1n) is 4.32. The number of fused-ring (bicyclic) bond motifs is 1. The van der Waals surface area contributed by atoms with E-state index in [-0.39, 0.29) is 6.61 Å². The largest absolute Gasteiger partial charge is 0.395 e. The van der Waals surface area contributed by atoms with Gasteiger partial charge in [-0.2, -0.15) is 0 Å². The molecule has 4 heteroatoms. The molecule has 0 aromatic carbocycles. The van der Waals surface area contributed by atoms with E-state index in [9.17, 15) is 0 Å². The highest BCUT2D eigenvalue weighted by Crippen LogP contribution is 2.20. The second kappa shape index (κ2) is 3.15. The summed E-state index contributed by atoms with van der Waals surface area (Å²) in [7, 11) is 0. The lowest BCUT2D eigenvalue weighted by molar-refractivity contribution is 0.311. The Labute approximate surface area is 71.0 Å². The zero-order valence-electron chi connectivity index (χ0n) is 6.93. The van der Waals surface area contributed by atoms with E-state index in [2.05, 4.69) is 15.3 Å². The third kappa shape index (κ3) is 1.30. The number of aliphatic hydroxyl groups is 1. The second-order valence-corrected chi connectivity index (χ2v) is 3.01. The molecule has 0 bridgehead atoms. The van der Waals surface area contributed by atoms with Gasteiger partial charge in [0.1, 0.15) is 0 Å². The van der Waals surface area contributed by atoms with Gasteiger partial charge in [-0.15, -0.1) is 0 Å². The number of aromatic nitrogens is 2. The highest BCUT2D eigenvalue weighted by Gasteiger charge is 2.15. The van der Waals surface area contributed by atoms with Crippen LogP contribution in [0.1, 0.15) is 17.8 Å². The molecule has 66 valence electrons. The number of rotatable bonds is 3. The fourth-order valence-electron chi connectivity index (χ4n) is 1.55. The Kier molecular flexibility index (Phi) is 1.99. The van der Waals surface area contributed by atoms with Crippen LogP contribution >= 0.6 is 0 Å². The Hall–Kier alpha value is -1.03. The van der Waals surface area contributed by atoms with Crippen molar-refractivity contribution < 1.29 is 5.11 Å². The Bertz CT molecular complexity index is 248. The van der Waals surface area contributed by atoms with Crippen LogP contribution in [0, 0.1) is 0 Å². The lowest BCUT2D eigenvalue weighted by atomic mass is 10.4. The lowest BCUT2D eigenvalue weighted by Gasteiger charge is -1.98. The molecule has 1 heterocycles. The minimum atomic E-state index is 0.144. The summed E-state index contributed by atoms with van der Waals surface area (Å²) < 4.78 is 0. The average molecular weight is 167 g/mol. The summed E-state index contributed by atoms with van der Waals surface area (Å²) in [6.07, 6.45) is 3.42. The van der Waals surface area contributed by atoms with E-state index in [1.807, 2.05) is 0 Å². The third-order valence-corrected chi connectivity index (χ3v) is 2.11. The SMILES string of the molecule is OCCNc1nc2c([nH]1)CCC2. The van der Waals surface area contributed by atoms with Gasteiger partial charge in [-0.3, -0.25) is 0 Å². The molecule has 0 unspecified atom stereocenters. The Balaban J connectivity index is 2.05. The van der Waals surface area contributed by atoms with Gasteiger partial charge in [-0.25, -0.2) is 4.98 Å². The van der Waals surface area contributed by atoms with Crippen LogP contribution in [-0.2, 0) is 12.8 Å². The van der Waals surface area contributed by atoms with Crippen LogP contribution in [0.3, 0.4) is 0 Å². The van der Waals surface area contributed by atoms with E-state index < -0.39 is 0 Å². The Morgan fingerprint density at radius 3 is 3.17 bits per heavy atom. The summed E-state index contributed by atoms with van der Waals surface area (Å²) in [5.41, 5.74) is 2.45. The molecular formula is C8H13N3O. The van der Waals surface area contributed by atoms with Gasteiger partial charge in [0.25, 0.3) is 0 Å². The molecule has 0 saturated heterocycles. The van der Waals surface area contributed by atoms with Crippen LogP contribution in [0.4, 0.5) is 5.95 Å². The van der Waals surface area contributed by atoms with Gasteiger partial charge in [0.05, 0.1) is 12.3 Å². The normalized spacial score (nSPS) is 14.8. The fraction of sp³-hybridized carbons (Fsp3) is 0.625. The summed E-state index contributed by atoms with van der Waals surface area (Å²) in [6, 6.07) is 0. The summed E-state index contributed by atoms with van der Waals surface area (Å²) in [5, 5.41) is 11.6. The second-order valence-electron chi connectivity index (χ2n) is 3.01. The molecule has 0 aliphatic heterocycles. The van der Waals surface area contributed by atoms with Crippen molar-refractivity contribution in [1.82, 2.24) is 9.97 Å². The number of H-pyrrole nitrogens is 1. The van der Waals surface area contributed by atoms with Crippen LogP contribution in [-0.4, -0.2) is 28.2 Å². The monoisotopic (exact) mass is 167 g/mol. The molecule has 0 saturated carbocycles. The predicted molar refractivity (Wildman–Crippen MR) is 46.2 cm³/mol. The van der Waals surface area contributed by atoms with Gasteiger partial charge in [0, 0.05) is 12.2 Å². The lowest BCUT2D eigenvalue weighted by Crippen LogP contribution is -2.06. The maximum absolute atomic E-state index is 8.57. The summed E-state index contributed by atoms with van der Waals surface area (Å²) >= 11 is 0. The van der Waals surface area contributed by atoms with Crippen LogP contribution in [0.25, 0.3) is 0 Å². The summed E-state index contributed by atoms with van der Waals surface area (Å²) in [5.74, 6) is 0.800. The van der Waals surface area contributed by atoms with Gasteiger partial charge >= 0.3 is 0 Å². The van der Waals surface area contributed by atoms with E-state index in [1.54, 1.807) is 0 Å². The fourth-order valence-corrected chi connectivity index (χ4v) is 1.55. The first-order valence-corrected chi connectivity index (χ1v) is 4.32. The quantitative estimate of drug-likeness (QED) is 0.607. The van der Waals surface area contributed by atoms with Crippen LogP contribution in [0.5, 0.6) is 0 Å². The zero-order valence-corrected chi connectivity index (χ0v) is 6.93. The van der Waals surface area contributed by atoms with Gasteiger partial charge in [0.15, 0.2) is 0 Å². The van der Waals surface area contributed by atoms with E-state index in [4.69, 9.17) is 5.11 Å². The topological polar surface area (TPSA) is 60.9 Å². The molecule has 0 radical (unpaired) electrons. The number of hydrogen-bond donors (Lipinski definition) is 3. The van der Waals surface area contributed by atoms with Crippen molar-refractivity contribution in [2.45, 2.75) is 19.3 Å². The molecule has 2 rings (SSSR count). The maximum Gasteiger partial charge on any atom is 0.200 e. The molecule has 0 spiro atoms. The van der Waals surface area contributed by atoms with Crippen molar-refractivity contribution in [2.24, 2.45) is 0 Å². The molecule has 0 atom stereocenters. The van der Waals surface area contributed by atoms with Crippen molar-refractivity contribution in [3.63, 3.8) is 0 Å². The number of hydrogen-bond acceptors (Lipinski definition) is 3. The molecule has 4 nitrogen and oxygen atoms in total. The number of imidazole rings is 1. The number of aryl methyl sites for hydroxylation is 2. The van der Waals surface area contributed by atoms with Crippen LogP contribution in [0.15, 0.2) is 0 Å². The van der Waals surface area contributed by atoms with Crippen molar-refractivity contribution in [2.75, 3.05) is 18.5 Å². The Morgan fingerprint density at radius 2 is 2.42 bits per heavy atom. The molecule has 0 amide bonds. The van der Waals surface area contributed by atoms with E-state index in [0.717, 1.165) is 18.8 Å². The van der Waals surface area contributed by atoms with Crippen molar-refractivity contribution in [3.05, 3.63) is 11.4 Å². The highest BCUT2D eigenvalue weighted by atomic mass is 16.3. The van der Waals surface area contributed by atoms with Gasteiger partial charge in [0.2, 0.25) is 5.95 Å². The number of aromatic amines is 1. The standard InChI is InChI=1S/C8H13N3O/c12-5-4-9-8-10-6-2-1-3-7(6)11-8/h12H,1-5H2,(H2,9,10,11). The molecule has 3 N–H and O–H groups in total.